The Bertz CT molecular complexity index is 3580. The van der Waals surface area contributed by atoms with Crippen LogP contribution in [0.1, 0.15) is 144 Å². The molecule has 4 heteroatoms. The van der Waals surface area contributed by atoms with Crippen LogP contribution in [0.4, 0.5) is 22.7 Å². The van der Waals surface area contributed by atoms with Gasteiger partial charge in [0.2, 0.25) is 0 Å². The molecular weight excluding hydrogens is 834 g/mol. The number of anilines is 4. The Kier molecular flexibility index (Phi) is 8.05. The summed E-state index contributed by atoms with van der Waals surface area (Å²) in [6.45, 7) is 26.9. The van der Waals surface area contributed by atoms with Crippen molar-refractivity contribution in [1.29, 1.82) is 0 Å². The lowest BCUT2D eigenvalue weighted by molar-refractivity contribution is 0.215. The Balaban J connectivity index is 1.17. The molecule has 8 aromatic rings. The van der Waals surface area contributed by atoms with E-state index in [1.54, 1.807) is 0 Å². The van der Waals surface area contributed by atoms with E-state index in [-0.39, 0.29) is 39.5 Å². The third-order valence-corrected chi connectivity index (χ3v) is 19.5. The number of hydrogen-bond acceptors (Lipinski definition) is 2. The zero-order valence-electron chi connectivity index (χ0n) is 42.8. The van der Waals surface area contributed by atoms with Crippen LogP contribution in [0.25, 0.3) is 27.5 Å². The van der Waals surface area contributed by atoms with E-state index in [2.05, 4.69) is 218 Å². The molecule has 4 atom stereocenters. The molecule has 2 aliphatic carbocycles. The Morgan fingerprint density at radius 3 is 2.07 bits per heavy atom. The van der Waals surface area contributed by atoms with Gasteiger partial charge in [-0.05, 0) is 167 Å². The van der Waals surface area contributed by atoms with Gasteiger partial charge in [-0.15, -0.1) is 0 Å². The lowest BCUT2D eigenvalue weighted by Gasteiger charge is -2.54. The van der Waals surface area contributed by atoms with Crippen LogP contribution in [0.15, 0.2) is 127 Å². The van der Waals surface area contributed by atoms with Crippen LogP contribution in [-0.2, 0) is 33.6 Å². The predicted octanol–water partition coefficient (Wildman–Crippen LogP) is 14.2. The second-order valence-electron chi connectivity index (χ2n) is 25.1. The number of aryl methyl sites for hydroxylation is 3. The van der Waals surface area contributed by atoms with Crippen molar-refractivity contribution in [3.63, 3.8) is 0 Å². The first-order valence-corrected chi connectivity index (χ1v) is 26.2. The summed E-state index contributed by atoms with van der Waals surface area (Å²) in [4.78, 5) is 5.81. The average molecular weight is 900 g/mol. The molecule has 5 heterocycles. The number of para-hydroxylation sites is 1. The van der Waals surface area contributed by atoms with Gasteiger partial charge in [0, 0.05) is 55.6 Å². The van der Waals surface area contributed by atoms with Gasteiger partial charge in [0.15, 0.2) is 0 Å². The lowest BCUT2D eigenvalue weighted by Crippen LogP contribution is -2.64. The summed E-state index contributed by atoms with van der Waals surface area (Å²) in [5.41, 5.74) is 26.1. The summed E-state index contributed by atoms with van der Waals surface area (Å²) in [6, 6.07) is 51.6. The van der Waals surface area contributed by atoms with Crippen molar-refractivity contribution in [2.24, 2.45) is 0 Å². The molecule has 7 aromatic carbocycles. The van der Waals surface area contributed by atoms with Gasteiger partial charge in [-0.25, -0.2) is 0 Å². The highest BCUT2D eigenvalue weighted by Gasteiger charge is 2.65. The van der Waals surface area contributed by atoms with Crippen LogP contribution in [0, 0.1) is 13.8 Å². The molecule has 0 radical (unpaired) electrons. The first-order chi connectivity index (χ1) is 32.9. The second-order valence-corrected chi connectivity index (χ2v) is 25.1. The fourth-order valence-corrected chi connectivity index (χ4v) is 16.2. The highest BCUT2D eigenvalue weighted by Crippen LogP contribution is 2.67. The molecule has 0 saturated heterocycles. The van der Waals surface area contributed by atoms with Gasteiger partial charge < -0.3 is 14.4 Å². The average Bonchev–Trinajstić information content (AvgIpc) is 3.86. The summed E-state index contributed by atoms with van der Waals surface area (Å²) in [6.07, 6.45) is 6.92. The Morgan fingerprint density at radius 1 is 0.580 bits per heavy atom. The highest BCUT2D eigenvalue weighted by atomic mass is 15.3. The van der Waals surface area contributed by atoms with E-state index in [1.807, 2.05) is 0 Å². The van der Waals surface area contributed by atoms with Gasteiger partial charge in [-0.1, -0.05) is 152 Å². The monoisotopic (exact) mass is 900 g/mol. The molecule has 3 nitrogen and oxygen atoms in total. The number of fused-ring (bicyclic) bond motifs is 15. The molecule has 4 unspecified atom stereocenters. The van der Waals surface area contributed by atoms with Crippen LogP contribution in [0.5, 0.6) is 0 Å². The Morgan fingerprint density at radius 2 is 1.29 bits per heavy atom. The normalized spacial score (nSPS) is 24.8. The van der Waals surface area contributed by atoms with E-state index < -0.39 is 0 Å². The summed E-state index contributed by atoms with van der Waals surface area (Å²) in [5, 5.41) is 2.74. The zero-order chi connectivity index (χ0) is 47.5. The standard InChI is InChI=1S/C65H66BN3/c1-39-32-40(2)56-53(33-39)68(64(11)48-23-16-15-20-41(48)28-31-62(56,64)9)45-37-54-57-55(38-45)69-59-49(65(42-21-13-12-14-22-42)30-18-17-29-63(65,69)10)24-19-25-50(59)66(57)51-36-44(61(6,7)8)35-47-46-34-43(60(3,4)5)26-27-52(46)67(54)58(47)51/h12-16,19-27,32-38H,17-18,28-31H2,1-11H3. The number of aromatic nitrogens is 1. The van der Waals surface area contributed by atoms with Gasteiger partial charge in [0.05, 0.1) is 16.6 Å². The first-order valence-electron chi connectivity index (χ1n) is 26.2. The van der Waals surface area contributed by atoms with Crippen molar-refractivity contribution in [2.45, 2.75) is 147 Å². The van der Waals surface area contributed by atoms with Crippen LogP contribution < -0.4 is 26.2 Å². The molecule has 4 aliphatic heterocycles. The van der Waals surface area contributed by atoms with Crippen LogP contribution in [0.3, 0.4) is 0 Å². The maximum atomic E-state index is 2.96. The number of nitrogens with zero attached hydrogens (tertiary/aromatic N) is 3. The fraction of sp³-hybridized carbons (Fsp3) is 0.354. The van der Waals surface area contributed by atoms with E-state index in [0.29, 0.717) is 0 Å². The molecule has 0 bridgehead atoms. The van der Waals surface area contributed by atoms with Crippen molar-refractivity contribution in [1.82, 2.24) is 4.57 Å². The van der Waals surface area contributed by atoms with Crippen LogP contribution >= 0.6 is 0 Å². The molecule has 69 heavy (non-hydrogen) atoms. The van der Waals surface area contributed by atoms with Crippen LogP contribution in [0.2, 0.25) is 0 Å². The molecule has 0 N–H and O–H groups in total. The van der Waals surface area contributed by atoms with E-state index >= 15 is 0 Å². The topological polar surface area (TPSA) is 11.4 Å². The zero-order valence-corrected chi connectivity index (χ0v) is 42.8. The largest absolute Gasteiger partial charge is 0.335 e. The molecular formula is C65H66BN3. The van der Waals surface area contributed by atoms with Crippen molar-refractivity contribution in [3.8, 4) is 5.69 Å². The minimum Gasteiger partial charge on any atom is -0.335 e. The van der Waals surface area contributed by atoms with Crippen molar-refractivity contribution in [2.75, 3.05) is 9.80 Å². The molecule has 1 saturated carbocycles. The van der Waals surface area contributed by atoms with E-state index in [0.717, 1.165) is 25.7 Å². The fourth-order valence-electron chi connectivity index (χ4n) is 16.2. The highest BCUT2D eigenvalue weighted by molar-refractivity contribution is 7.00. The quantitative estimate of drug-likeness (QED) is 0.160. The molecule has 344 valence electrons. The molecule has 0 amide bonds. The first kappa shape index (κ1) is 41.9. The molecule has 14 rings (SSSR count). The second kappa shape index (κ2) is 13.2. The maximum Gasteiger partial charge on any atom is 0.252 e. The summed E-state index contributed by atoms with van der Waals surface area (Å²) < 4.78 is 2.74. The molecule has 1 aromatic heterocycles. The number of rotatable bonds is 2. The number of hydrogen-bond donors (Lipinski definition) is 0. The molecule has 6 aliphatic rings. The molecule has 1 fully saturated rings. The van der Waals surface area contributed by atoms with E-state index in [9.17, 15) is 0 Å². The van der Waals surface area contributed by atoms with E-state index in [4.69, 9.17) is 0 Å². The summed E-state index contributed by atoms with van der Waals surface area (Å²) in [5.74, 6) is 0. The lowest BCUT2D eigenvalue weighted by atomic mass is 9.33. The predicted molar refractivity (Wildman–Crippen MR) is 293 cm³/mol. The van der Waals surface area contributed by atoms with Crippen molar-refractivity contribution >= 4 is 67.7 Å². The summed E-state index contributed by atoms with van der Waals surface area (Å²) in [7, 11) is 0. The molecule has 0 spiro atoms. The van der Waals surface area contributed by atoms with Gasteiger partial charge in [-0.2, -0.15) is 0 Å². The smallest absolute Gasteiger partial charge is 0.252 e. The third kappa shape index (κ3) is 4.92. The van der Waals surface area contributed by atoms with Gasteiger partial charge in [0.1, 0.15) is 0 Å². The Labute approximate surface area is 410 Å². The maximum absolute atomic E-state index is 2.96. The van der Waals surface area contributed by atoms with Crippen molar-refractivity contribution < 1.29 is 0 Å². The van der Waals surface area contributed by atoms with Crippen molar-refractivity contribution in [3.05, 3.63) is 177 Å². The van der Waals surface area contributed by atoms with Gasteiger partial charge in [0.25, 0.3) is 6.71 Å². The third-order valence-electron chi connectivity index (χ3n) is 19.5. The minimum atomic E-state index is -0.335. The Hall–Kier alpha value is -6.00. The van der Waals surface area contributed by atoms with Gasteiger partial charge in [-0.3, -0.25) is 0 Å². The van der Waals surface area contributed by atoms with Crippen LogP contribution in [-0.4, -0.2) is 16.8 Å². The minimum absolute atomic E-state index is 0.0162. The number of benzene rings is 7. The van der Waals surface area contributed by atoms with E-state index in [1.165, 1.54) is 130 Å². The SMILES string of the molecule is Cc1cc(C)c2c(c1)N(c1cc3c4c(c1)-n1c5ccc(C(C)(C)C)cc5c5cc(C(C)(C)C)cc(c51)B4c1cccc4c1N3C1(C)CCCCC41c1ccccc1)C1(C)c3ccccc3CCC21C. The van der Waals surface area contributed by atoms with Gasteiger partial charge >= 0.3 is 0 Å². The summed E-state index contributed by atoms with van der Waals surface area (Å²) >= 11 is 0.